The fourth-order valence-corrected chi connectivity index (χ4v) is 3.03. The Morgan fingerprint density at radius 3 is 2.48 bits per heavy atom. The van der Waals surface area contributed by atoms with Crippen LogP contribution < -0.4 is 0 Å². The van der Waals surface area contributed by atoms with E-state index in [1.807, 2.05) is 0 Å². The lowest BCUT2D eigenvalue weighted by molar-refractivity contribution is -0.139. The van der Waals surface area contributed by atoms with Gasteiger partial charge in [0.15, 0.2) is 0 Å². The molecule has 0 aromatic heterocycles. The minimum Gasteiger partial charge on any atom is -0.391 e. The second-order valence-electron chi connectivity index (χ2n) is 5.81. The van der Waals surface area contributed by atoms with Gasteiger partial charge in [0.2, 0.25) is 5.91 Å². The highest BCUT2D eigenvalue weighted by Gasteiger charge is 2.41. The van der Waals surface area contributed by atoms with Crippen molar-refractivity contribution in [1.29, 1.82) is 0 Å². The van der Waals surface area contributed by atoms with Crippen LogP contribution in [-0.2, 0) is 9.53 Å². The second-order valence-corrected chi connectivity index (χ2v) is 5.81. The molecule has 23 heavy (non-hydrogen) atoms. The smallest absolute Gasteiger partial charge is 0.254 e. The SMILES string of the molecule is O=C(C1CC(O)CN1C(=O)c1ccc(F)cc1)N1CCOCC1. The molecule has 1 aromatic carbocycles. The highest BCUT2D eigenvalue weighted by atomic mass is 19.1. The van der Waals surface area contributed by atoms with Crippen LogP contribution in [0, 0.1) is 5.82 Å². The van der Waals surface area contributed by atoms with Crippen LogP contribution >= 0.6 is 0 Å². The van der Waals surface area contributed by atoms with Crippen molar-refractivity contribution in [3.05, 3.63) is 35.6 Å². The summed E-state index contributed by atoms with van der Waals surface area (Å²) in [5.74, 6) is -0.961. The molecule has 2 atom stereocenters. The summed E-state index contributed by atoms with van der Waals surface area (Å²) < 4.78 is 18.2. The summed E-state index contributed by atoms with van der Waals surface area (Å²) in [5.41, 5.74) is 0.306. The number of ether oxygens (including phenoxy) is 1. The standard InChI is InChI=1S/C16H19FN2O4/c17-12-3-1-11(2-4-12)15(21)19-10-13(20)9-14(19)16(22)18-5-7-23-8-6-18/h1-4,13-14,20H,5-10H2. The molecule has 2 fully saturated rings. The molecule has 7 heteroatoms. The van der Waals surface area contributed by atoms with Crippen molar-refractivity contribution in [2.45, 2.75) is 18.6 Å². The maximum atomic E-state index is 13.0. The highest BCUT2D eigenvalue weighted by molar-refractivity contribution is 5.98. The van der Waals surface area contributed by atoms with Crippen molar-refractivity contribution in [1.82, 2.24) is 9.80 Å². The molecule has 2 unspecified atom stereocenters. The van der Waals surface area contributed by atoms with Crippen molar-refractivity contribution < 1.29 is 23.8 Å². The largest absolute Gasteiger partial charge is 0.391 e. The number of likely N-dealkylation sites (tertiary alicyclic amines) is 1. The first-order valence-corrected chi connectivity index (χ1v) is 7.67. The molecule has 2 amide bonds. The zero-order chi connectivity index (χ0) is 16.4. The van der Waals surface area contributed by atoms with Gasteiger partial charge in [-0.2, -0.15) is 0 Å². The number of halogens is 1. The van der Waals surface area contributed by atoms with E-state index in [0.29, 0.717) is 31.9 Å². The van der Waals surface area contributed by atoms with Crippen molar-refractivity contribution in [2.24, 2.45) is 0 Å². The molecule has 1 aromatic rings. The van der Waals surface area contributed by atoms with E-state index in [0.717, 1.165) is 0 Å². The van der Waals surface area contributed by atoms with E-state index in [9.17, 15) is 19.1 Å². The number of aliphatic hydroxyl groups is 1. The van der Waals surface area contributed by atoms with Crippen LogP contribution in [-0.4, -0.2) is 71.7 Å². The van der Waals surface area contributed by atoms with Crippen molar-refractivity contribution in [3.63, 3.8) is 0 Å². The Balaban J connectivity index is 1.77. The summed E-state index contributed by atoms with van der Waals surface area (Å²) in [6.07, 6.45) is -0.502. The summed E-state index contributed by atoms with van der Waals surface area (Å²) >= 11 is 0. The summed E-state index contributed by atoms with van der Waals surface area (Å²) in [5, 5.41) is 9.91. The summed E-state index contributed by atoms with van der Waals surface area (Å²) in [6.45, 7) is 2.05. The van der Waals surface area contributed by atoms with E-state index >= 15 is 0 Å². The average Bonchev–Trinajstić information content (AvgIpc) is 2.97. The lowest BCUT2D eigenvalue weighted by Crippen LogP contribution is -2.51. The number of carbonyl (C=O) groups excluding carboxylic acids is 2. The predicted molar refractivity (Wildman–Crippen MR) is 79.2 cm³/mol. The maximum absolute atomic E-state index is 13.0. The topological polar surface area (TPSA) is 70.1 Å². The van der Waals surface area contributed by atoms with Gasteiger partial charge in [-0.1, -0.05) is 0 Å². The van der Waals surface area contributed by atoms with E-state index in [4.69, 9.17) is 4.74 Å². The third-order valence-corrected chi connectivity index (χ3v) is 4.24. The van der Waals surface area contributed by atoms with Crippen LogP contribution in [0.5, 0.6) is 0 Å². The van der Waals surface area contributed by atoms with Gasteiger partial charge < -0.3 is 19.6 Å². The van der Waals surface area contributed by atoms with Crippen LogP contribution in [0.2, 0.25) is 0 Å². The highest BCUT2D eigenvalue weighted by Crippen LogP contribution is 2.23. The van der Waals surface area contributed by atoms with Gasteiger partial charge in [0, 0.05) is 31.6 Å². The average molecular weight is 322 g/mol. The number of hydrogen-bond donors (Lipinski definition) is 1. The Morgan fingerprint density at radius 1 is 1.17 bits per heavy atom. The number of nitrogens with zero attached hydrogens (tertiary/aromatic N) is 2. The Morgan fingerprint density at radius 2 is 1.83 bits per heavy atom. The Bertz CT molecular complexity index is 586. The van der Waals surface area contributed by atoms with Gasteiger partial charge in [-0.3, -0.25) is 9.59 Å². The maximum Gasteiger partial charge on any atom is 0.254 e. The third kappa shape index (κ3) is 3.35. The molecule has 1 N–H and O–H groups in total. The number of benzene rings is 1. The lowest BCUT2D eigenvalue weighted by Gasteiger charge is -2.32. The van der Waals surface area contributed by atoms with Crippen LogP contribution in [0.15, 0.2) is 24.3 Å². The first kappa shape index (κ1) is 15.9. The van der Waals surface area contributed by atoms with Gasteiger partial charge in [0.25, 0.3) is 5.91 Å². The number of hydrogen-bond acceptors (Lipinski definition) is 4. The van der Waals surface area contributed by atoms with Crippen LogP contribution in [0.25, 0.3) is 0 Å². The van der Waals surface area contributed by atoms with Crippen LogP contribution in [0.1, 0.15) is 16.8 Å². The van der Waals surface area contributed by atoms with Crippen LogP contribution in [0.3, 0.4) is 0 Å². The molecular formula is C16H19FN2O4. The minimum absolute atomic E-state index is 0.108. The molecule has 0 spiro atoms. The molecule has 6 nitrogen and oxygen atoms in total. The number of carbonyl (C=O) groups is 2. The van der Waals surface area contributed by atoms with Gasteiger partial charge in [0.05, 0.1) is 19.3 Å². The first-order chi connectivity index (χ1) is 11.1. The van der Waals surface area contributed by atoms with E-state index in [1.54, 1.807) is 4.90 Å². The monoisotopic (exact) mass is 322 g/mol. The Hall–Kier alpha value is -1.99. The summed E-state index contributed by atoms with van der Waals surface area (Å²) in [4.78, 5) is 28.3. The van der Waals surface area contributed by atoms with Crippen molar-refractivity contribution in [2.75, 3.05) is 32.8 Å². The fraction of sp³-hybridized carbons (Fsp3) is 0.500. The van der Waals surface area contributed by atoms with E-state index in [-0.39, 0.29) is 24.8 Å². The van der Waals surface area contributed by atoms with E-state index in [2.05, 4.69) is 0 Å². The van der Waals surface area contributed by atoms with Gasteiger partial charge in [-0.05, 0) is 24.3 Å². The second kappa shape index (κ2) is 6.64. The zero-order valence-corrected chi connectivity index (χ0v) is 12.7. The lowest BCUT2D eigenvalue weighted by atomic mass is 10.1. The van der Waals surface area contributed by atoms with Crippen molar-refractivity contribution >= 4 is 11.8 Å². The number of aliphatic hydroxyl groups excluding tert-OH is 1. The molecule has 2 aliphatic heterocycles. The first-order valence-electron chi connectivity index (χ1n) is 7.67. The third-order valence-electron chi connectivity index (χ3n) is 4.24. The Kier molecular flexibility index (Phi) is 4.58. The van der Waals surface area contributed by atoms with E-state index in [1.165, 1.54) is 29.2 Å². The quantitative estimate of drug-likeness (QED) is 0.848. The number of β-amino-alcohol motifs (C(OH)–C–C–N with tert-alkyl or cyclic N) is 1. The minimum atomic E-state index is -0.727. The molecule has 0 bridgehead atoms. The van der Waals surface area contributed by atoms with Gasteiger partial charge in [-0.15, -0.1) is 0 Å². The van der Waals surface area contributed by atoms with Crippen molar-refractivity contribution in [3.8, 4) is 0 Å². The normalized spacial score (nSPS) is 24.8. The molecule has 2 saturated heterocycles. The predicted octanol–water partition coefficient (Wildman–Crippen LogP) is 0.260. The van der Waals surface area contributed by atoms with Crippen LogP contribution in [0.4, 0.5) is 4.39 Å². The Labute approximate surface area is 133 Å². The van der Waals surface area contributed by atoms with Gasteiger partial charge in [0.1, 0.15) is 11.9 Å². The molecule has 2 aliphatic rings. The van der Waals surface area contributed by atoms with Gasteiger partial charge >= 0.3 is 0 Å². The van der Waals surface area contributed by atoms with Gasteiger partial charge in [-0.25, -0.2) is 4.39 Å². The summed E-state index contributed by atoms with van der Waals surface area (Å²) in [7, 11) is 0. The summed E-state index contributed by atoms with van der Waals surface area (Å²) in [6, 6.07) is 4.51. The molecule has 0 radical (unpaired) electrons. The molecule has 2 heterocycles. The number of amides is 2. The van der Waals surface area contributed by atoms with E-state index < -0.39 is 18.0 Å². The molecule has 124 valence electrons. The molecule has 0 aliphatic carbocycles. The molecular weight excluding hydrogens is 303 g/mol. The molecule has 0 saturated carbocycles. The fourth-order valence-electron chi connectivity index (χ4n) is 3.03. The zero-order valence-electron chi connectivity index (χ0n) is 12.7. The number of morpholine rings is 1. The molecule has 3 rings (SSSR count). The number of rotatable bonds is 2.